The second-order valence-corrected chi connectivity index (χ2v) is 10.8. The minimum Gasteiger partial charge on any atom is -0.329 e. The maximum Gasteiger partial charge on any atom is 0.202 e. The third-order valence-corrected chi connectivity index (χ3v) is 7.11. The number of hydrogen-bond acceptors (Lipinski definition) is 6. The second kappa shape index (κ2) is 7.85. The molecule has 1 aliphatic heterocycles. The highest BCUT2D eigenvalue weighted by molar-refractivity contribution is 7.22. The van der Waals surface area contributed by atoms with E-state index in [9.17, 15) is 4.79 Å². The molecular weight excluding hydrogens is 416 g/mol. The monoisotopic (exact) mass is 444 g/mol. The zero-order valence-electron chi connectivity index (χ0n) is 18.9. The molecule has 1 atom stereocenters. The molecule has 3 aromatic rings. The van der Waals surface area contributed by atoms with Crippen LogP contribution in [-0.4, -0.2) is 16.7 Å². The lowest BCUT2D eigenvalue weighted by Gasteiger charge is -2.37. The lowest BCUT2D eigenvalue weighted by Crippen LogP contribution is -2.41. The number of ketones is 1. The number of allylic oxidation sites excluding steroid dienone is 1. The minimum atomic E-state index is -0.312. The highest BCUT2D eigenvalue weighted by atomic mass is 32.1. The van der Waals surface area contributed by atoms with Crippen LogP contribution in [0, 0.1) is 5.41 Å². The molecule has 0 fully saturated rings. The van der Waals surface area contributed by atoms with Crippen LogP contribution >= 0.6 is 11.3 Å². The van der Waals surface area contributed by atoms with E-state index >= 15 is 0 Å². The topological polar surface area (TPSA) is 66.4 Å². The Labute approximate surface area is 192 Å². The normalized spacial score (nSPS) is 20.2. The first-order valence-electron chi connectivity index (χ1n) is 11.1. The Bertz CT molecular complexity index is 1220. The van der Waals surface area contributed by atoms with Crippen molar-refractivity contribution in [1.29, 1.82) is 0 Å². The number of hydrogen-bond donors (Lipinski definition) is 2. The number of anilines is 1. The van der Waals surface area contributed by atoms with Gasteiger partial charge in [0.25, 0.3) is 0 Å². The molecule has 2 aromatic carbocycles. The second-order valence-electron chi connectivity index (χ2n) is 9.77. The van der Waals surface area contributed by atoms with E-state index in [2.05, 4.69) is 73.6 Å². The third kappa shape index (κ3) is 3.95. The van der Waals surface area contributed by atoms with Gasteiger partial charge in [0.05, 0.1) is 10.2 Å². The molecule has 0 amide bonds. The van der Waals surface area contributed by atoms with Crippen LogP contribution in [0.5, 0.6) is 0 Å². The van der Waals surface area contributed by atoms with Crippen molar-refractivity contribution < 1.29 is 4.79 Å². The van der Waals surface area contributed by atoms with Crippen molar-refractivity contribution in [2.24, 2.45) is 10.4 Å². The number of Topliss-reactive ketones (excluding diaryl/α,β-unsaturated/α-hetero) is 1. The molecule has 5 nitrogen and oxygen atoms in total. The Morgan fingerprint density at radius 1 is 1.09 bits per heavy atom. The van der Waals surface area contributed by atoms with Crippen LogP contribution < -0.4 is 10.6 Å². The Morgan fingerprint density at radius 3 is 2.56 bits per heavy atom. The highest BCUT2D eigenvalue weighted by Crippen LogP contribution is 2.43. The number of carbonyl (C=O) groups is 1. The van der Waals surface area contributed by atoms with E-state index in [0.717, 1.165) is 38.6 Å². The van der Waals surface area contributed by atoms with Crippen LogP contribution in [-0.2, 0) is 4.79 Å². The van der Waals surface area contributed by atoms with Crippen LogP contribution in [0.2, 0.25) is 0 Å². The van der Waals surface area contributed by atoms with Gasteiger partial charge in [0.1, 0.15) is 6.04 Å². The fraction of sp³-hybridized carbons (Fsp3) is 0.346. The number of nitrogens with one attached hydrogen (secondary N) is 2. The fourth-order valence-corrected chi connectivity index (χ4v) is 5.39. The first-order valence-corrected chi connectivity index (χ1v) is 11.9. The van der Waals surface area contributed by atoms with E-state index in [1.54, 1.807) is 11.3 Å². The smallest absolute Gasteiger partial charge is 0.202 e. The maximum absolute atomic E-state index is 13.2. The fourth-order valence-electron chi connectivity index (χ4n) is 4.53. The number of guanidine groups is 1. The molecule has 1 unspecified atom stereocenters. The Hall–Kier alpha value is -2.99. The van der Waals surface area contributed by atoms with Crippen LogP contribution in [0.15, 0.2) is 64.8 Å². The molecule has 164 valence electrons. The van der Waals surface area contributed by atoms with Crippen molar-refractivity contribution in [1.82, 2.24) is 10.3 Å². The molecule has 0 spiro atoms. The standard InChI is InChI=1S/C26H28N4OS/c1-15(2)16-9-11-17(12-10-16)23-22-19(13-26(3,4)14-20(22)31)27-24(29-23)30-25-28-18-7-5-6-8-21(18)32-25/h5-12,15,23H,13-14H2,1-4H3,(H2,27,28,29,30). The summed E-state index contributed by atoms with van der Waals surface area (Å²) in [6.45, 7) is 8.67. The molecule has 1 aromatic heterocycles. The van der Waals surface area contributed by atoms with Crippen LogP contribution in [0.1, 0.15) is 63.6 Å². The third-order valence-electron chi connectivity index (χ3n) is 6.16. The number of carbonyl (C=O) groups excluding carboxylic acids is 1. The molecule has 0 saturated carbocycles. The van der Waals surface area contributed by atoms with Crippen molar-refractivity contribution in [2.75, 3.05) is 5.32 Å². The minimum absolute atomic E-state index is 0.0761. The van der Waals surface area contributed by atoms with Gasteiger partial charge in [-0.25, -0.2) is 9.98 Å². The largest absolute Gasteiger partial charge is 0.329 e. The van der Waals surface area contributed by atoms with Gasteiger partial charge >= 0.3 is 0 Å². The van der Waals surface area contributed by atoms with Gasteiger partial charge in [-0.3, -0.25) is 4.79 Å². The average Bonchev–Trinajstić information content (AvgIpc) is 3.14. The van der Waals surface area contributed by atoms with Gasteiger partial charge in [-0.15, -0.1) is 0 Å². The van der Waals surface area contributed by atoms with Gasteiger partial charge in [-0.2, -0.15) is 0 Å². The summed E-state index contributed by atoms with van der Waals surface area (Å²) in [5, 5.41) is 7.59. The van der Waals surface area contributed by atoms with Crippen LogP contribution in [0.4, 0.5) is 5.13 Å². The number of nitrogens with zero attached hydrogens (tertiary/aromatic N) is 2. The number of benzene rings is 2. The van der Waals surface area contributed by atoms with Crippen molar-refractivity contribution in [2.45, 2.75) is 52.5 Å². The Balaban J connectivity index is 1.53. The van der Waals surface area contributed by atoms with E-state index in [4.69, 9.17) is 4.99 Å². The molecule has 6 heteroatoms. The number of thiazole rings is 1. The Kier molecular flexibility index (Phi) is 5.13. The molecular formula is C26H28N4OS. The molecule has 2 N–H and O–H groups in total. The van der Waals surface area contributed by atoms with Gasteiger partial charge in [-0.1, -0.05) is 75.4 Å². The van der Waals surface area contributed by atoms with E-state index < -0.39 is 0 Å². The maximum atomic E-state index is 13.2. The highest BCUT2D eigenvalue weighted by Gasteiger charge is 2.39. The van der Waals surface area contributed by atoms with Crippen molar-refractivity contribution in [3.8, 4) is 0 Å². The quantitative estimate of drug-likeness (QED) is 0.507. The van der Waals surface area contributed by atoms with Gasteiger partial charge in [0.15, 0.2) is 10.9 Å². The summed E-state index contributed by atoms with van der Waals surface area (Å²) in [5.41, 5.74) is 4.99. The summed E-state index contributed by atoms with van der Waals surface area (Å²) >= 11 is 1.60. The number of rotatable bonds is 3. The summed E-state index contributed by atoms with van der Waals surface area (Å²) in [6.07, 6.45) is 1.36. The zero-order chi connectivity index (χ0) is 22.5. The molecule has 0 radical (unpaired) electrons. The molecule has 0 saturated heterocycles. The van der Waals surface area contributed by atoms with Crippen LogP contribution in [0.3, 0.4) is 0 Å². The number of para-hydroxylation sites is 1. The van der Waals surface area contributed by atoms with E-state index in [0.29, 0.717) is 18.3 Å². The summed E-state index contributed by atoms with van der Waals surface area (Å²) in [4.78, 5) is 22.8. The van der Waals surface area contributed by atoms with Gasteiger partial charge in [0.2, 0.25) is 5.96 Å². The van der Waals surface area contributed by atoms with Gasteiger partial charge < -0.3 is 10.6 Å². The predicted molar refractivity (Wildman–Crippen MR) is 132 cm³/mol. The summed E-state index contributed by atoms with van der Waals surface area (Å²) in [5.74, 6) is 1.29. The molecule has 5 rings (SSSR count). The van der Waals surface area contributed by atoms with E-state index in [1.165, 1.54) is 5.56 Å². The summed E-state index contributed by atoms with van der Waals surface area (Å²) in [7, 11) is 0. The number of aromatic nitrogens is 1. The molecule has 1 aliphatic carbocycles. The van der Waals surface area contributed by atoms with Gasteiger partial charge in [0, 0.05) is 17.7 Å². The predicted octanol–water partition coefficient (Wildman–Crippen LogP) is 6.18. The Morgan fingerprint density at radius 2 is 1.84 bits per heavy atom. The SMILES string of the molecule is CC(C)c1ccc(C2N=C(Nc3nc4ccccc4s3)NC3=C2C(=O)CC(C)(C)C3)cc1. The summed E-state index contributed by atoms with van der Waals surface area (Å²) < 4.78 is 1.13. The van der Waals surface area contributed by atoms with E-state index in [1.807, 2.05) is 18.2 Å². The van der Waals surface area contributed by atoms with Gasteiger partial charge in [-0.05, 0) is 41.0 Å². The lowest BCUT2D eigenvalue weighted by molar-refractivity contribution is -0.118. The molecule has 2 aliphatic rings. The first-order chi connectivity index (χ1) is 15.3. The molecule has 2 heterocycles. The lowest BCUT2D eigenvalue weighted by atomic mass is 9.73. The number of aliphatic imine (C=N–C) groups is 1. The average molecular weight is 445 g/mol. The van der Waals surface area contributed by atoms with Crippen molar-refractivity contribution >= 4 is 38.4 Å². The first kappa shape index (κ1) is 20.9. The molecule has 0 bridgehead atoms. The number of fused-ring (bicyclic) bond motifs is 1. The van der Waals surface area contributed by atoms with E-state index in [-0.39, 0.29) is 17.2 Å². The van der Waals surface area contributed by atoms with Crippen LogP contribution in [0.25, 0.3) is 10.2 Å². The summed E-state index contributed by atoms with van der Waals surface area (Å²) in [6, 6.07) is 16.3. The zero-order valence-corrected chi connectivity index (χ0v) is 19.7. The van der Waals surface area contributed by atoms with Crippen molar-refractivity contribution in [3.05, 3.63) is 70.9 Å². The molecule has 32 heavy (non-hydrogen) atoms. The van der Waals surface area contributed by atoms with Crippen molar-refractivity contribution in [3.63, 3.8) is 0 Å².